The summed E-state index contributed by atoms with van der Waals surface area (Å²) in [6.07, 6.45) is 3.66. The van der Waals surface area contributed by atoms with Gasteiger partial charge in [-0.05, 0) is 52.7 Å². The molecular weight excluding hydrogens is 314 g/mol. The highest BCUT2D eigenvalue weighted by Crippen LogP contribution is 2.35. The van der Waals surface area contributed by atoms with Crippen molar-refractivity contribution in [3.8, 4) is 0 Å². The molecule has 0 saturated heterocycles. The van der Waals surface area contributed by atoms with Gasteiger partial charge in [0, 0.05) is 11.6 Å². The molecule has 1 aliphatic rings. The molecule has 3 unspecified atom stereocenters. The van der Waals surface area contributed by atoms with E-state index < -0.39 is 11.6 Å². The van der Waals surface area contributed by atoms with Crippen molar-refractivity contribution in [1.29, 1.82) is 0 Å². The number of nitrogens with two attached hydrogens (primary N) is 1. The number of benzene rings is 1. The van der Waals surface area contributed by atoms with Gasteiger partial charge in [0.2, 0.25) is 0 Å². The summed E-state index contributed by atoms with van der Waals surface area (Å²) < 4.78 is 28.1. The quantitative estimate of drug-likeness (QED) is 0.502. The molecule has 0 aliphatic heterocycles. The van der Waals surface area contributed by atoms with Gasteiger partial charge in [0.05, 0.1) is 4.47 Å². The van der Waals surface area contributed by atoms with E-state index in [1.807, 2.05) is 0 Å². The third-order valence-electron chi connectivity index (χ3n) is 4.22. The lowest BCUT2D eigenvalue weighted by molar-refractivity contribution is 0.293. The summed E-state index contributed by atoms with van der Waals surface area (Å²) in [4.78, 5) is 0. The molecule has 2 rings (SSSR count). The highest BCUT2D eigenvalue weighted by molar-refractivity contribution is 9.10. The van der Waals surface area contributed by atoms with Crippen LogP contribution in [0.4, 0.5) is 8.78 Å². The zero-order valence-electron chi connectivity index (χ0n) is 10.9. The van der Waals surface area contributed by atoms with E-state index in [-0.39, 0.29) is 18.0 Å². The third-order valence-corrected chi connectivity index (χ3v) is 4.83. The Morgan fingerprint density at radius 1 is 1.42 bits per heavy atom. The van der Waals surface area contributed by atoms with Crippen LogP contribution >= 0.6 is 15.9 Å². The molecule has 0 spiro atoms. The Morgan fingerprint density at radius 3 is 2.74 bits per heavy atom. The second-order valence-electron chi connectivity index (χ2n) is 5.37. The molecule has 1 fully saturated rings. The summed E-state index contributed by atoms with van der Waals surface area (Å²) in [5.74, 6) is 5.48. The molecule has 1 aromatic rings. The molecule has 3 atom stereocenters. The highest BCUT2D eigenvalue weighted by Gasteiger charge is 2.31. The number of halogens is 3. The fraction of sp³-hybridized carbons (Fsp3) is 0.571. The van der Waals surface area contributed by atoms with Gasteiger partial charge in [-0.25, -0.2) is 8.78 Å². The van der Waals surface area contributed by atoms with Crippen molar-refractivity contribution in [3.05, 3.63) is 33.8 Å². The first-order valence-corrected chi connectivity index (χ1v) is 7.42. The van der Waals surface area contributed by atoms with Crippen molar-refractivity contribution in [2.45, 2.75) is 38.6 Å². The fourth-order valence-corrected chi connectivity index (χ4v) is 3.45. The molecule has 0 radical (unpaired) electrons. The predicted octanol–water partition coefficient (Wildman–Crippen LogP) is 3.54. The van der Waals surface area contributed by atoms with Gasteiger partial charge in [0.25, 0.3) is 0 Å². The first-order valence-electron chi connectivity index (χ1n) is 6.63. The Balaban J connectivity index is 2.21. The Morgan fingerprint density at radius 2 is 2.16 bits per heavy atom. The normalized spacial score (nSPS) is 24.7. The molecule has 1 aliphatic carbocycles. The van der Waals surface area contributed by atoms with Gasteiger partial charge in [-0.2, -0.15) is 0 Å². The van der Waals surface area contributed by atoms with E-state index in [1.165, 1.54) is 12.1 Å². The van der Waals surface area contributed by atoms with Gasteiger partial charge >= 0.3 is 0 Å². The van der Waals surface area contributed by atoms with Gasteiger partial charge < -0.3 is 0 Å². The molecule has 19 heavy (non-hydrogen) atoms. The standard InChI is InChI=1S/C14H19BrF2N2/c1-8-3-2-4-9(8)13(19-18)7-10-12(16)6-5-11(15)14(10)17/h5-6,8-9,13,19H,2-4,7,18H2,1H3. The van der Waals surface area contributed by atoms with Crippen molar-refractivity contribution in [2.75, 3.05) is 0 Å². The van der Waals surface area contributed by atoms with Crippen LogP contribution in [0.3, 0.4) is 0 Å². The molecular formula is C14H19BrF2N2. The topological polar surface area (TPSA) is 38.0 Å². The van der Waals surface area contributed by atoms with E-state index in [0.29, 0.717) is 16.3 Å². The highest BCUT2D eigenvalue weighted by atomic mass is 79.9. The van der Waals surface area contributed by atoms with E-state index in [2.05, 4.69) is 28.3 Å². The van der Waals surface area contributed by atoms with E-state index in [9.17, 15) is 8.78 Å². The van der Waals surface area contributed by atoms with Gasteiger partial charge in [-0.15, -0.1) is 0 Å². The van der Waals surface area contributed by atoms with Crippen molar-refractivity contribution < 1.29 is 8.78 Å². The second kappa shape index (κ2) is 6.29. The van der Waals surface area contributed by atoms with Crippen molar-refractivity contribution in [1.82, 2.24) is 5.43 Å². The van der Waals surface area contributed by atoms with Crippen LogP contribution in [0, 0.1) is 23.5 Å². The molecule has 0 aromatic heterocycles. The lowest BCUT2D eigenvalue weighted by Gasteiger charge is -2.26. The van der Waals surface area contributed by atoms with Crippen LogP contribution in [0.25, 0.3) is 0 Å². The van der Waals surface area contributed by atoms with Crippen molar-refractivity contribution in [2.24, 2.45) is 17.7 Å². The Kier molecular flexibility index (Phi) is 4.92. The van der Waals surface area contributed by atoms with Crippen LogP contribution in [-0.2, 0) is 6.42 Å². The average molecular weight is 333 g/mol. The molecule has 2 nitrogen and oxygen atoms in total. The second-order valence-corrected chi connectivity index (χ2v) is 6.23. The summed E-state index contributed by atoms with van der Waals surface area (Å²) in [6, 6.07) is 2.58. The predicted molar refractivity (Wildman–Crippen MR) is 75.4 cm³/mol. The summed E-state index contributed by atoms with van der Waals surface area (Å²) in [5.41, 5.74) is 2.86. The first-order chi connectivity index (χ1) is 9.04. The molecule has 1 saturated carbocycles. The SMILES string of the molecule is CC1CCCC1C(Cc1c(F)ccc(Br)c1F)NN. The Hall–Kier alpha value is -0.520. The van der Waals surface area contributed by atoms with Crippen LogP contribution < -0.4 is 11.3 Å². The molecule has 106 valence electrons. The van der Waals surface area contributed by atoms with Gasteiger partial charge in [-0.3, -0.25) is 11.3 Å². The number of rotatable bonds is 4. The average Bonchev–Trinajstić information content (AvgIpc) is 2.81. The molecule has 1 aromatic carbocycles. The molecule has 5 heteroatoms. The Bertz CT molecular complexity index is 453. The molecule has 0 bridgehead atoms. The Labute approximate surface area is 120 Å². The largest absolute Gasteiger partial charge is 0.271 e. The number of hydrogen-bond acceptors (Lipinski definition) is 2. The molecule has 0 heterocycles. The minimum atomic E-state index is -0.522. The van der Waals surface area contributed by atoms with Crippen LogP contribution in [0.1, 0.15) is 31.7 Å². The van der Waals surface area contributed by atoms with Crippen molar-refractivity contribution >= 4 is 15.9 Å². The van der Waals surface area contributed by atoms with Gasteiger partial charge in [-0.1, -0.05) is 19.8 Å². The maximum Gasteiger partial charge on any atom is 0.143 e. The fourth-order valence-electron chi connectivity index (χ4n) is 3.08. The minimum absolute atomic E-state index is 0.0872. The monoisotopic (exact) mass is 332 g/mol. The molecule has 0 amide bonds. The zero-order valence-corrected chi connectivity index (χ0v) is 12.5. The van der Waals surface area contributed by atoms with Crippen LogP contribution in [0.2, 0.25) is 0 Å². The van der Waals surface area contributed by atoms with Gasteiger partial charge in [0.1, 0.15) is 11.6 Å². The summed E-state index contributed by atoms with van der Waals surface area (Å²) in [6.45, 7) is 2.18. The summed E-state index contributed by atoms with van der Waals surface area (Å²) in [7, 11) is 0. The maximum atomic E-state index is 14.0. The summed E-state index contributed by atoms with van der Waals surface area (Å²) >= 11 is 3.09. The lowest BCUT2D eigenvalue weighted by atomic mass is 9.86. The number of nitrogens with one attached hydrogen (secondary N) is 1. The van der Waals surface area contributed by atoms with Crippen LogP contribution in [-0.4, -0.2) is 6.04 Å². The number of hydrazine groups is 1. The third kappa shape index (κ3) is 3.15. The number of hydrogen-bond donors (Lipinski definition) is 2. The smallest absolute Gasteiger partial charge is 0.143 e. The van der Waals surface area contributed by atoms with E-state index >= 15 is 0 Å². The van der Waals surface area contributed by atoms with E-state index in [0.717, 1.165) is 19.3 Å². The van der Waals surface area contributed by atoms with E-state index in [1.54, 1.807) is 0 Å². The first kappa shape index (κ1) is 14.9. The molecule has 3 N–H and O–H groups in total. The minimum Gasteiger partial charge on any atom is -0.271 e. The van der Waals surface area contributed by atoms with Crippen molar-refractivity contribution in [3.63, 3.8) is 0 Å². The summed E-state index contributed by atoms with van der Waals surface area (Å²) in [5, 5.41) is 0. The van der Waals surface area contributed by atoms with Crippen LogP contribution in [0.15, 0.2) is 16.6 Å². The van der Waals surface area contributed by atoms with E-state index in [4.69, 9.17) is 5.84 Å². The lowest BCUT2D eigenvalue weighted by Crippen LogP contribution is -2.43. The zero-order chi connectivity index (χ0) is 14.0. The van der Waals surface area contributed by atoms with Crippen LogP contribution in [0.5, 0.6) is 0 Å². The van der Waals surface area contributed by atoms with Gasteiger partial charge in [0.15, 0.2) is 0 Å². The maximum absolute atomic E-state index is 14.0.